The molecule has 0 bridgehead atoms. The number of aryl methyl sites for hydroxylation is 1. The Morgan fingerprint density at radius 1 is 1.35 bits per heavy atom. The minimum absolute atomic E-state index is 0.733. The van der Waals surface area contributed by atoms with E-state index in [1.54, 1.807) is 0 Å². The highest BCUT2D eigenvalue weighted by atomic mass is 16.5. The minimum atomic E-state index is 0.733. The second kappa shape index (κ2) is 7.84. The monoisotopic (exact) mass is 319 g/mol. The molecule has 0 radical (unpaired) electrons. The molecule has 23 heavy (non-hydrogen) atoms. The van der Waals surface area contributed by atoms with Crippen molar-refractivity contribution in [3.63, 3.8) is 0 Å². The molecule has 6 nitrogen and oxygen atoms in total. The largest absolute Gasteiger partial charge is 0.381 e. The van der Waals surface area contributed by atoms with Gasteiger partial charge in [0.1, 0.15) is 0 Å². The van der Waals surface area contributed by atoms with E-state index < -0.39 is 0 Å². The van der Waals surface area contributed by atoms with Crippen molar-refractivity contribution in [2.45, 2.75) is 13.0 Å². The fourth-order valence-electron chi connectivity index (χ4n) is 3.41. The summed E-state index contributed by atoms with van der Waals surface area (Å²) < 4.78 is 7.56. The second-order valence-corrected chi connectivity index (χ2v) is 6.60. The van der Waals surface area contributed by atoms with E-state index in [4.69, 9.17) is 4.74 Å². The number of rotatable bonds is 4. The molecule has 128 valence electrons. The van der Waals surface area contributed by atoms with E-state index in [-0.39, 0.29) is 0 Å². The Kier molecular flexibility index (Phi) is 5.56. The van der Waals surface area contributed by atoms with Gasteiger partial charge in [0, 0.05) is 72.4 Å². The number of ether oxygens (including phenoxy) is 1. The summed E-state index contributed by atoms with van der Waals surface area (Å²) in [7, 11) is 3.92. The second-order valence-electron chi connectivity index (χ2n) is 6.60. The third kappa shape index (κ3) is 4.48. The summed E-state index contributed by atoms with van der Waals surface area (Å²) in [6.07, 6.45) is 5.44. The topological polar surface area (TPSA) is 45.0 Å². The number of aromatic nitrogens is 1. The lowest BCUT2D eigenvalue weighted by atomic mass is 10.1. The molecular formula is C17H29N5O. The molecule has 3 heterocycles. The standard InChI is InChI=1S/C17H29N5O/c1-18-17(19-11-15-3-5-20(2)12-15)22-8-6-21(7-9-22)13-16-4-10-23-14-16/h3,5,12,16H,4,6-11,13-14H2,1-2H3,(H,18,19). The molecule has 3 rings (SSSR count). The summed E-state index contributed by atoms with van der Waals surface area (Å²) in [6, 6.07) is 2.14. The van der Waals surface area contributed by atoms with E-state index >= 15 is 0 Å². The van der Waals surface area contributed by atoms with Crippen LogP contribution in [0.15, 0.2) is 23.5 Å². The van der Waals surface area contributed by atoms with Gasteiger partial charge in [-0.3, -0.25) is 9.89 Å². The van der Waals surface area contributed by atoms with Crippen molar-refractivity contribution in [3.05, 3.63) is 24.0 Å². The molecule has 2 aliphatic rings. The van der Waals surface area contributed by atoms with E-state index in [2.05, 4.69) is 43.1 Å². The van der Waals surface area contributed by atoms with Crippen molar-refractivity contribution in [1.82, 2.24) is 19.7 Å². The van der Waals surface area contributed by atoms with E-state index in [1.807, 2.05) is 14.1 Å². The number of nitrogens with zero attached hydrogens (tertiary/aromatic N) is 4. The fraction of sp³-hybridized carbons (Fsp3) is 0.706. The molecule has 1 atom stereocenters. The van der Waals surface area contributed by atoms with Crippen LogP contribution in [-0.4, -0.2) is 73.3 Å². The Bertz CT molecular complexity index is 513. The van der Waals surface area contributed by atoms with Crippen molar-refractivity contribution in [2.24, 2.45) is 18.0 Å². The van der Waals surface area contributed by atoms with Crippen LogP contribution < -0.4 is 5.32 Å². The van der Waals surface area contributed by atoms with Crippen molar-refractivity contribution >= 4 is 5.96 Å². The van der Waals surface area contributed by atoms with Crippen molar-refractivity contribution in [2.75, 3.05) is 53.0 Å². The van der Waals surface area contributed by atoms with Gasteiger partial charge in [0.15, 0.2) is 5.96 Å². The maximum Gasteiger partial charge on any atom is 0.194 e. The average molecular weight is 319 g/mol. The SMILES string of the molecule is CN=C(NCc1ccn(C)c1)N1CCN(CC2CCOC2)CC1. The van der Waals surface area contributed by atoms with Crippen LogP contribution in [0.1, 0.15) is 12.0 Å². The summed E-state index contributed by atoms with van der Waals surface area (Å²) in [5, 5.41) is 3.48. The van der Waals surface area contributed by atoms with Crippen molar-refractivity contribution < 1.29 is 4.74 Å². The third-order valence-electron chi connectivity index (χ3n) is 4.77. The molecule has 0 saturated carbocycles. The molecule has 0 spiro atoms. The lowest BCUT2D eigenvalue weighted by molar-refractivity contribution is 0.139. The molecule has 1 aromatic heterocycles. The van der Waals surface area contributed by atoms with Gasteiger partial charge in [0.05, 0.1) is 6.61 Å². The summed E-state index contributed by atoms with van der Waals surface area (Å²) >= 11 is 0. The normalized spacial score (nSPS) is 23.5. The Balaban J connectivity index is 1.43. The lowest BCUT2D eigenvalue weighted by Gasteiger charge is -2.37. The summed E-state index contributed by atoms with van der Waals surface area (Å²) in [4.78, 5) is 9.38. The maximum atomic E-state index is 5.48. The molecule has 2 fully saturated rings. The molecule has 1 aromatic rings. The molecular weight excluding hydrogens is 290 g/mol. The van der Waals surface area contributed by atoms with Crippen LogP contribution in [0.25, 0.3) is 0 Å². The van der Waals surface area contributed by atoms with Gasteiger partial charge < -0.3 is 19.5 Å². The summed E-state index contributed by atoms with van der Waals surface area (Å²) in [6.45, 7) is 8.22. The minimum Gasteiger partial charge on any atom is -0.381 e. The van der Waals surface area contributed by atoms with Crippen molar-refractivity contribution in [3.8, 4) is 0 Å². The zero-order valence-electron chi connectivity index (χ0n) is 14.4. The third-order valence-corrected chi connectivity index (χ3v) is 4.77. The van der Waals surface area contributed by atoms with Crippen LogP contribution in [0.3, 0.4) is 0 Å². The first kappa shape index (κ1) is 16.3. The van der Waals surface area contributed by atoms with Gasteiger partial charge in [-0.1, -0.05) is 0 Å². The van der Waals surface area contributed by atoms with Gasteiger partial charge in [0.2, 0.25) is 0 Å². The van der Waals surface area contributed by atoms with Crippen LogP contribution in [0, 0.1) is 5.92 Å². The van der Waals surface area contributed by atoms with Crippen LogP contribution in [0.4, 0.5) is 0 Å². The Morgan fingerprint density at radius 2 is 2.17 bits per heavy atom. The lowest BCUT2D eigenvalue weighted by Crippen LogP contribution is -2.53. The molecule has 6 heteroatoms. The summed E-state index contributed by atoms with van der Waals surface area (Å²) in [5.74, 6) is 1.75. The van der Waals surface area contributed by atoms with E-state index in [0.29, 0.717) is 0 Å². The molecule has 0 amide bonds. The van der Waals surface area contributed by atoms with Crippen LogP contribution in [-0.2, 0) is 18.3 Å². The average Bonchev–Trinajstić information content (AvgIpc) is 3.21. The maximum absolute atomic E-state index is 5.48. The number of hydrogen-bond acceptors (Lipinski definition) is 3. The number of hydrogen-bond donors (Lipinski definition) is 1. The molecule has 1 N–H and O–H groups in total. The highest BCUT2D eigenvalue weighted by molar-refractivity contribution is 5.80. The number of piperazine rings is 1. The van der Waals surface area contributed by atoms with Crippen LogP contribution in [0.5, 0.6) is 0 Å². The van der Waals surface area contributed by atoms with Gasteiger partial charge in [0.25, 0.3) is 0 Å². The van der Waals surface area contributed by atoms with Crippen LogP contribution in [0.2, 0.25) is 0 Å². The molecule has 0 aromatic carbocycles. The van der Waals surface area contributed by atoms with Gasteiger partial charge in [-0.15, -0.1) is 0 Å². The Hall–Kier alpha value is -1.53. The van der Waals surface area contributed by atoms with Crippen molar-refractivity contribution in [1.29, 1.82) is 0 Å². The first-order valence-corrected chi connectivity index (χ1v) is 8.61. The first-order valence-electron chi connectivity index (χ1n) is 8.61. The zero-order valence-corrected chi connectivity index (χ0v) is 14.4. The predicted octanol–water partition coefficient (Wildman–Crippen LogP) is 0.755. The van der Waals surface area contributed by atoms with E-state index in [1.165, 1.54) is 18.5 Å². The highest BCUT2D eigenvalue weighted by Crippen LogP contribution is 2.15. The van der Waals surface area contributed by atoms with Crippen LogP contribution >= 0.6 is 0 Å². The highest BCUT2D eigenvalue weighted by Gasteiger charge is 2.23. The predicted molar refractivity (Wildman–Crippen MR) is 92.6 cm³/mol. The summed E-state index contributed by atoms with van der Waals surface area (Å²) in [5.41, 5.74) is 1.29. The molecule has 2 aliphatic heterocycles. The van der Waals surface area contributed by atoms with Gasteiger partial charge >= 0.3 is 0 Å². The number of nitrogens with one attached hydrogen (secondary N) is 1. The van der Waals surface area contributed by atoms with E-state index in [0.717, 1.165) is 57.8 Å². The molecule has 2 saturated heterocycles. The van der Waals surface area contributed by atoms with Gasteiger partial charge in [-0.2, -0.15) is 0 Å². The number of aliphatic imine (C=N–C) groups is 1. The zero-order chi connectivity index (χ0) is 16.1. The molecule has 1 unspecified atom stereocenters. The quantitative estimate of drug-likeness (QED) is 0.657. The Morgan fingerprint density at radius 3 is 2.78 bits per heavy atom. The van der Waals surface area contributed by atoms with E-state index in [9.17, 15) is 0 Å². The Labute approximate surface area is 139 Å². The molecule has 0 aliphatic carbocycles. The van der Waals surface area contributed by atoms with Gasteiger partial charge in [-0.25, -0.2) is 0 Å². The first-order chi connectivity index (χ1) is 11.2. The number of guanidine groups is 1. The smallest absolute Gasteiger partial charge is 0.194 e. The fourth-order valence-corrected chi connectivity index (χ4v) is 3.41. The van der Waals surface area contributed by atoms with Gasteiger partial charge in [-0.05, 0) is 24.0 Å².